The van der Waals surface area contributed by atoms with Gasteiger partial charge in [0.2, 0.25) is 0 Å². The molecule has 21 heavy (non-hydrogen) atoms. The van der Waals surface area contributed by atoms with Gasteiger partial charge in [-0.25, -0.2) is 0 Å². The number of para-hydroxylation sites is 1. The summed E-state index contributed by atoms with van der Waals surface area (Å²) in [6, 6.07) is 17.0. The molecule has 1 heterocycles. The monoisotopic (exact) mass is 318 g/mol. The first-order valence-electron chi connectivity index (χ1n) is 6.24. The summed E-state index contributed by atoms with van der Waals surface area (Å²) >= 11 is 7.06. The fraction of sp³-hybridized carbons (Fsp3) is 0.0667. The molecule has 0 spiro atoms. The van der Waals surface area contributed by atoms with E-state index < -0.39 is 0 Å². The molecule has 0 radical (unpaired) electrons. The van der Waals surface area contributed by atoms with Crippen molar-refractivity contribution in [3.05, 3.63) is 64.6 Å². The van der Waals surface area contributed by atoms with Crippen molar-refractivity contribution in [2.24, 2.45) is 0 Å². The highest BCUT2D eigenvalue weighted by Gasteiger charge is 2.06. The van der Waals surface area contributed by atoms with Crippen molar-refractivity contribution < 1.29 is 9.47 Å². The van der Waals surface area contributed by atoms with E-state index in [1.807, 2.05) is 54.6 Å². The van der Waals surface area contributed by atoms with Crippen LogP contribution in [0.5, 0.6) is 17.2 Å². The van der Waals surface area contributed by atoms with Crippen molar-refractivity contribution in [1.29, 1.82) is 0 Å². The Kier molecular flexibility index (Phi) is 4.33. The summed E-state index contributed by atoms with van der Waals surface area (Å²) < 4.78 is 15.6. The molecule has 0 saturated heterocycles. The van der Waals surface area contributed by atoms with Crippen molar-refractivity contribution in [2.45, 2.75) is 6.61 Å². The normalized spacial score (nSPS) is 10.3. The minimum atomic E-state index is 0.300. The van der Waals surface area contributed by atoms with Crippen LogP contribution >= 0.6 is 23.1 Å². The highest BCUT2D eigenvalue weighted by atomic mass is 35.5. The summed E-state index contributed by atoms with van der Waals surface area (Å²) in [5, 5.41) is 3.89. The Labute approximate surface area is 131 Å². The molecule has 2 aromatic carbocycles. The van der Waals surface area contributed by atoms with E-state index in [0.29, 0.717) is 16.6 Å². The highest BCUT2D eigenvalue weighted by molar-refractivity contribution is 7.10. The maximum absolute atomic E-state index is 5.92. The lowest BCUT2D eigenvalue weighted by Crippen LogP contribution is -1.96. The second-order valence-electron chi connectivity index (χ2n) is 4.17. The average Bonchev–Trinajstić information content (AvgIpc) is 2.93. The van der Waals surface area contributed by atoms with Crippen LogP contribution in [-0.2, 0) is 6.61 Å². The van der Waals surface area contributed by atoms with Crippen LogP contribution in [0.15, 0.2) is 54.6 Å². The van der Waals surface area contributed by atoms with Gasteiger partial charge in [0.05, 0.1) is 0 Å². The van der Waals surface area contributed by atoms with E-state index in [-0.39, 0.29) is 0 Å². The number of benzene rings is 2. The molecule has 0 aliphatic carbocycles. The van der Waals surface area contributed by atoms with E-state index in [1.165, 1.54) is 0 Å². The standard InChI is InChI=1S/C15H11ClN2O2S/c16-15-14(17-18-21-15)10-19-11-6-8-13(9-7-11)20-12-4-2-1-3-5-12/h1-9H,10H2. The maximum Gasteiger partial charge on any atom is 0.141 e. The molecule has 0 N–H and O–H groups in total. The third kappa shape index (κ3) is 3.71. The van der Waals surface area contributed by atoms with Gasteiger partial charge in [-0.2, -0.15) is 0 Å². The zero-order chi connectivity index (χ0) is 14.5. The Bertz CT molecular complexity index is 701. The van der Waals surface area contributed by atoms with Crippen molar-refractivity contribution in [3.63, 3.8) is 0 Å². The van der Waals surface area contributed by atoms with Gasteiger partial charge in [0, 0.05) is 11.5 Å². The Hall–Kier alpha value is -2.11. The molecule has 0 unspecified atom stereocenters. The summed E-state index contributed by atoms with van der Waals surface area (Å²) in [5.74, 6) is 2.27. The fourth-order valence-corrected chi connectivity index (χ4v) is 2.26. The first kappa shape index (κ1) is 13.9. The molecule has 0 saturated carbocycles. The molecule has 106 valence electrons. The minimum Gasteiger partial charge on any atom is -0.487 e. The predicted molar refractivity (Wildman–Crippen MR) is 82.2 cm³/mol. The number of nitrogens with zero attached hydrogens (tertiary/aromatic N) is 2. The molecule has 0 aliphatic heterocycles. The molecule has 6 heteroatoms. The van der Waals surface area contributed by atoms with E-state index >= 15 is 0 Å². The average molecular weight is 319 g/mol. The smallest absolute Gasteiger partial charge is 0.141 e. The SMILES string of the molecule is Clc1snnc1COc1ccc(Oc2ccccc2)cc1. The molecule has 1 aromatic heterocycles. The molecule has 0 fully saturated rings. The highest BCUT2D eigenvalue weighted by Crippen LogP contribution is 2.24. The number of halogens is 1. The quantitative estimate of drug-likeness (QED) is 0.691. The number of hydrogen-bond donors (Lipinski definition) is 0. The van der Waals surface area contributed by atoms with Crippen LogP contribution in [0.3, 0.4) is 0 Å². The minimum absolute atomic E-state index is 0.300. The molecule has 0 aliphatic rings. The van der Waals surface area contributed by atoms with Crippen LogP contribution in [0.1, 0.15) is 5.69 Å². The van der Waals surface area contributed by atoms with E-state index in [9.17, 15) is 0 Å². The Morgan fingerprint density at radius 1 is 0.905 bits per heavy atom. The van der Waals surface area contributed by atoms with Crippen LogP contribution in [0.25, 0.3) is 0 Å². The van der Waals surface area contributed by atoms with Gasteiger partial charge in [-0.05, 0) is 36.4 Å². The van der Waals surface area contributed by atoms with Gasteiger partial charge in [-0.3, -0.25) is 0 Å². The van der Waals surface area contributed by atoms with Gasteiger partial charge in [0.15, 0.2) is 0 Å². The lowest BCUT2D eigenvalue weighted by Gasteiger charge is -2.07. The molecule has 3 rings (SSSR count). The van der Waals surface area contributed by atoms with E-state index in [2.05, 4.69) is 9.59 Å². The van der Waals surface area contributed by atoms with Crippen molar-refractivity contribution in [2.75, 3.05) is 0 Å². The Morgan fingerprint density at radius 2 is 1.57 bits per heavy atom. The largest absolute Gasteiger partial charge is 0.487 e. The van der Waals surface area contributed by atoms with Gasteiger partial charge < -0.3 is 9.47 Å². The second kappa shape index (κ2) is 6.56. The number of rotatable bonds is 5. The van der Waals surface area contributed by atoms with E-state index in [4.69, 9.17) is 21.1 Å². The van der Waals surface area contributed by atoms with Crippen molar-refractivity contribution in [1.82, 2.24) is 9.59 Å². The van der Waals surface area contributed by atoms with Gasteiger partial charge in [0.25, 0.3) is 0 Å². The predicted octanol–water partition coefficient (Wildman–Crippen LogP) is 4.56. The maximum atomic E-state index is 5.92. The number of aromatic nitrogens is 2. The zero-order valence-electron chi connectivity index (χ0n) is 10.9. The Morgan fingerprint density at radius 3 is 2.24 bits per heavy atom. The first-order valence-corrected chi connectivity index (χ1v) is 7.39. The first-order chi connectivity index (χ1) is 10.3. The second-order valence-corrected chi connectivity index (χ2v) is 5.52. The van der Waals surface area contributed by atoms with Crippen molar-refractivity contribution >= 4 is 23.1 Å². The molecule has 4 nitrogen and oxygen atoms in total. The fourth-order valence-electron chi connectivity index (χ4n) is 1.66. The van der Waals surface area contributed by atoms with Gasteiger partial charge in [-0.1, -0.05) is 34.3 Å². The van der Waals surface area contributed by atoms with Crippen LogP contribution in [-0.4, -0.2) is 9.59 Å². The number of ether oxygens (including phenoxy) is 2. The van der Waals surface area contributed by atoms with E-state index in [1.54, 1.807) is 0 Å². The third-order valence-electron chi connectivity index (χ3n) is 2.69. The van der Waals surface area contributed by atoms with Gasteiger partial charge >= 0.3 is 0 Å². The van der Waals surface area contributed by atoms with Gasteiger partial charge in [0.1, 0.15) is 33.9 Å². The lowest BCUT2D eigenvalue weighted by molar-refractivity contribution is 0.301. The lowest BCUT2D eigenvalue weighted by atomic mass is 10.3. The molecular formula is C15H11ClN2O2S. The summed E-state index contributed by atoms with van der Waals surface area (Å²) in [4.78, 5) is 0. The van der Waals surface area contributed by atoms with Crippen molar-refractivity contribution in [3.8, 4) is 17.2 Å². The topological polar surface area (TPSA) is 44.2 Å². The van der Waals surface area contributed by atoms with Crippen LogP contribution in [0.2, 0.25) is 4.34 Å². The third-order valence-corrected chi connectivity index (χ3v) is 3.67. The molecule has 0 amide bonds. The molecular weight excluding hydrogens is 308 g/mol. The summed E-state index contributed by atoms with van der Waals surface area (Å²) in [6.45, 7) is 0.300. The summed E-state index contributed by atoms with van der Waals surface area (Å²) in [7, 11) is 0. The van der Waals surface area contributed by atoms with Gasteiger partial charge in [-0.15, -0.1) is 5.10 Å². The van der Waals surface area contributed by atoms with E-state index in [0.717, 1.165) is 28.8 Å². The Balaban J connectivity index is 1.60. The summed E-state index contributed by atoms with van der Waals surface area (Å²) in [6.07, 6.45) is 0. The number of hydrogen-bond acceptors (Lipinski definition) is 5. The van der Waals surface area contributed by atoms with Crippen LogP contribution < -0.4 is 9.47 Å². The zero-order valence-corrected chi connectivity index (χ0v) is 12.5. The molecule has 3 aromatic rings. The van der Waals surface area contributed by atoms with Crippen LogP contribution in [0, 0.1) is 0 Å². The molecule has 0 atom stereocenters. The van der Waals surface area contributed by atoms with Crippen LogP contribution in [0.4, 0.5) is 0 Å². The molecule has 0 bridgehead atoms. The summed E-state index contributed by atoms with van der Waals surface area (Å²) in [5.41, 5.74) is 0.645.